The molecule has 0 aromatic rings. The van der Waals surface area contributed by atoms with Crippen molar-refractivity contribution < 1.29 is 78.6 Å². The summed E-state index contributed by atoms with van der Waals surface area (Å²) >= 11 is 0. The number of hydrogen-bond donors (Lipinski definition) is 15. The van der Waals surface area contributed by atoms with Crippen LogP contribution in [-0.2, 0) is 47.9 Å². The van der Waals surface area contributed by atoms with Crippen LogP contribution < -0.4 is 48.3 Å². The zero-order valence-electron chi connectivity index (χ0n) is 31.8. The molecule has 1 saturated heterocycles. The van der Waals surface area contributed by atoms with Gasteiger partial charge in [0, 0.05) is 12.1 Å². The molecule has 1 aliphatic heterocycles. The van der Waals surface area contributed by atoms with Gasteiger partial charge >= 0.3 is 5.97 Å². The number of allylic oxidation sites excluding steroid dienone is 1. The first-order valence-corrected chi connectivity index (χ1v) is 17.3. The average molecular weight is 818 g/mol. The van der Waals surface area contributed by atoms with E-state index in [1.165, 1.54) is 33.8 Å². The van der Waals surface area contributed by atoms with Crippen molar-refractivity contribution in [2.75, 3.05) is 13.2 Å². The molecular weight excluding hydrogens is 766 g/mol. The maximum absolute atomic E-state index is 13.6. The van der Waals surface area contributed by atoms with Crippen molar-refractivity contribution in [3.63, 3.8) is 0 Å². The maximum atomic E-state index is 13.6. The number of carboxylic acids is 1. The highest BCUT2D eigenvalue weighted by Crippen LogP contribution is 2.09. The number of rotatable bonds is 11. The van der Waals surface area contributed by atoms with Gasteiger partial charge in [-0.25, -0.2) is 4.79 Å². The minimum Gasteiger partial charge on any atom is -0.479 e. The molecule has 0 radical (unpaired) electrons. The van der Waals surface area contributed by atoms with Gasteiger partial charge < -0.3 is 78.9 Å². The zero-order valence-corrected chi connectivity index (χ0v) is 31.8. The number of hydrogen-bond acceptors (Lipinski definition) is 15. The third kappa shape index (κ3) is 14.0. The second-order valence-corrected chi connectivity index (χ2v) is 13.3. The van der Waals surface area contributed by atoms with Crippen LogP contribution in [0.25, 0.3) is 0 Å². The molecule has 4 unspecified atom stereocenters. The molecule has 0 aromatic carbocycles. The lowest BCUT2D eigenvalue weighted by atomic mass is 9.99. The number of aliphatic hydroxyl groups excluding tert-OH is 5. The number of nitrogens with one attached hydrogen (secondary N) is 8. The molecule has 1 heterocycles. The van der Waals surface area contributed by atoms with Gasteiger partial charge in [-0.2, -0.15) is 0 Å². The normalized spacial score (nSPS) is 27.3. The third-order valence-electron chi connectivity index (χ3n) is 8.41. The Bertz CT molecular complexity index is 1590. The van der Waals surface area contributed by atoms with Gasteiger partial charge in [-0.15, -0.1) is 0 Å². The van der Waals surface area contributed by atoms with Gasteiger partial charge in [-0.05, 0) is 33.6 Å². The summed E-state index contributed by atoms with van der Waals surface area (Å²) in [4.78, 5) is 130. The predicted molar refractivity (Wildman–Crippen MR) is 190 cm³/mol. The molecule has 16 N–H and O–H groups in total. The largest absolute Gasteiger partial charge is 0.479 e. The van der Waals surface area contributed by atoms with E-state index in [1.807, 2.05) is 21.3 Å². The van der Waals surface area contributed by atoms with E-state index in [1.54, 1.807) is 5.32 Å². The van der Waals surface area contributed by atoms with Gasteiger partial charge in [0.1, 0.15) is 42.4 Å². The number of aliphatic hydroxyl groups is 5. The summed E-state index contributed by atoms with van der Waals surface area (Å²) in [6, 6.07) is -14.8. The monoisotopic (exact) mass is 817 g/mol. The number of carboxylic acid groups (broad SMARTS) is 1. The van der Waals surface area contributed by atoms with Crippen LogP contribution in [0.15, 0.2) is 11.6 Å². The van der Waals surface area contributed by atoms with E-state index in [2.05, 4.69) is 16.0 Å². The Morgan fingerprint density at radius 2 is 1.09 bits per heavy atom. The van der Waals surface area contributed by atoms with Crippen molar-refractivity contribution in [3.05, 3.63) is 11.6 Å². The molecule has 1 aliphatic rings. The molecule has 320 valence electrons. The molecular formula is C32H51N9O16. The van der Waals surface area contributed by atoms with Gasteiger partial charge in [-0.1, -0.05) is 19.9 Å². The van der Waals surface area contributed by atoms with Crippen molar-refractivity contribution in [2.24, 2.45) is 11.7 Å². The molecule has 0 aromatic heterocycles. The van der Waals surface area contributed by atoms with Gasteiger partial charge in [0.05, 0.1) is 18.8 Å². The molecule has 11 atom stereocenters. The van der Waals surface area contributed by atoms with Gasteiger partial charge in [0.25, 0.3) is 5.91 Å². The van der Waals surface area contributed by atoms with Gasteiger partial charge in [0.2, 0.25) is 53.3 Å². The van der Waals surface area contributed by atoms with E-state index >= 15 is 0 Å². The SMILES string of the molecule is C/C=C(/C)C(=O)NC[C@@H]1NC(=O)C(C(=O)O)NC(=O)[C@H](C(C)O)NC(=O)[C@H]([C@@H](C)O)NC(=O)[C@H](C(O)C(O)C(N)=O)NC(=O)[C@H](C(C)C)NC(=O)[C@H](CO)NC1=O. The Morgan fingerprint density at radius 1 is 0.667 bits per heavy atom. The number of primary amides is 1. The molecule has 9 amide bonds. The van der Waals surface area contributed by atoms with Crippen LogP contribution in [-0.4, -0.2) is 170 Å². The summed E-state index contributed by atoms with van der Waals surface area (Å²) in [5.41, 5.74) is 5.20. The summed E-state index contributed by atoms with van der Waals surface area (Å²) in [5.74, 6) is -15.3. The van der Waals surface area contributed by atoms with E-state index in [4.69, 9.17) is 5.73 Å². The first kappa shape index (κ1) is 49.3. The molecule has 0 bridgehead atoms. The Morgan fingerprint density at radius 3 is 1.53 bits per heavy atom. The molecule has 25 heteroatoms. The standard InChI is InChI=1S/C32H51N9O16/c1-7-11(4)24(48)34-8-14-25(49)36-15(9-42)26(50)37-16(10(2)3)27(51)40-19(21(45)22(46)23(33)47)30(54)39-17(12(5)43)28(52)38-18(13(6)44)29(53)41-20(32(56)57)31(55)35-14/h7,10,12-22,42-46H,8-9H2,1-6H3,(H2,33,47)(H,34,48)(H,35,55)(H,36,49)(H,37,50)(H,38,52)(H,39,54)(H,40,51)(H,41,53)(H,56,57)/b11-7-/t12-,13?,14+,15+,16+,17+,18+,19+,20?,21?,22?/m1/s1. The van der Waals surface area contributed by atoms with Gasteiger partial charge in [0.15, 0.2) is 6.10 Å². The molecule has 1 fully saturated rings. The van der Waals surface area contributed by atoms with Crippen LogP contribution in [0, 0.1) is 5.92 Å². The third-order valence-corrected chi connectivity index (χ3v) is 8.41. The lowest BCUT2D eigenvalue weighted by Crippen LogP contribution is -2.66. The molecule has 1 rings (SSSR count). The Balaban J connectivity index is 3.96. The second kappa shape index (κ2) is 22.1. The van der Waals surface area contributed by atoms with E-state index in [9.17, 15) is 78.6 Å². The molecule has 0 spiro atoms. The fourth-order valence-corrected chi connectivity index (χ4v) is 4.85. The van der Waals surface area contributed by atoms with E-state index in [0.717, 1.165) is 13.8 Å². The van der Waals surface area contributed by atoms with Crippen molar-refractivity contribution in [1.82, 2.24) is 42.5 Å². The Kier molecular flexibility index (Phi) is 19.1. The van der Waals surface area contributed by atoms with Crippen LogP contribution in [0.4, 0.5) is 0 Å². The lowest BCUT2D eigenvalue weighted by Gasteiger charge is -2.31. The van der Waals surface area contributed by atoms with E-state index < -0.39 is 145 Å². The van der Waals surface area contributed by atoms with E-state index in [-0.39, 0.29) is 5.57 Å². The Labute approximate surface area is 324 Å². The predicted octanol–water partition coefficient (Wildman–Crippen LogP) is -8.82. The molecule has 0 aliphatic carbocycles. The highest BCUT2D eigenvalue weighted by atomic mass is 16.4. The van der Waals surface area contributed by atoms with Gasteiger partial charge in [-0.3, -0.25) is 43.2 Å². The van der Waals surface area contributed by atoms with Crippen molar-refractivity contribution >= 4 is 59.1 Å². The quantitative estimate of drug-likeness (QED) is 0.0680. The smallest absolute Gasteiger partial charge is 0.336 e. The van der Waals surface area contributed by atoms with Crippen LogP contribution in [0.1, 0.15) is 41.5 Å². The average Bonchev–Trinajstić information content (AvgIpc) is 3.13. The minimum absolute atomic E-state index is 0.144. The van der Waals surface area contributed by atoms with Crippen molar-refractivity contribution in [1.29, 1.82) is 0 Å². The van der Waals surface area contributed by atoms with E-state index in [0.29, 0.717) is 0 Å². The fraction of sp³-hybridized carbons (Fsp3) is 0.625. The number of aliphatic carboxylic acids is 1. The number of amides is 9. The first-order valence-electron chi connectivity index (χ1n) is 17.3. The molecule has 25 nitrogen and oxygen atoms in total. The number of carbonyl (C=O) groups excluding carboxylic acids is 9. The second-order valence-electron chi connectivity index (χ2n) is 13.3. The topological polar surface area (TPSA) is 414 Å². The van der Waals surface area contributed by atoms with Crippen molar-refractivity contribution in [3.8, 4) is 0 Å². The number of nitrogens with two attached hydrogens (primary N) is 1. The maximum Gasteiger partial charge on any atom is 0.336 e. The molecule has 57 heavy (non-hydrogen) atoms. The summed E-state index contributed by atoms with van der Waals surface area (Å²) in [5, 5.41) is 77.9. The highest BCUT2D eigenvalue weighted by molar-refractivity contribution is 6.07. The summed E-state index contributed by atoms with van der Waals surface area (Å²) in [6.45, 7) is 5.62. The fourth-order valence-electron chi connectivity index (χ4n) is 4.85. The first-order chi connectivity index (χ1) is 26.4. The van der Waals surface area contributed by atoms with Crippen molar-refractivity contribution in [2.45, 2.75) is 108 Å². The summed E-state index contributed by atoms with van der Waals surface area (Å²) in [7, 11) is 0. The van der Waals surface area contributed by atoms with Crippen LogP contribution in [0.3, 0.4) is 0 Å². The van der Waals surface area contributed by atoms with Crippen LogP contribution in [0.2, 0.25) is 0 Å². The Hall–Kier alpha value is -5.76. The molecule has 0 saturated carbocycles. The van der Waals surface area contributed by atoms with Crippen LogP contribution >= 0.6 is 0 Å². The summed E-state index contributed by atoms with van der Waals surface area (Å²) in [6.07, 6.45) is -7.46. The minimum atomic E-state index is -2.57. The van der Waals surface area contributed by atoms with Crippen LogP contribution in [0.5, 0.6) is 0 Å². The zero-order chi connectivity index (χ0) is 44.1. The summed E-state index contributed by atoms with van der Waals surface area (Å²) < 4.78 is 0. The highest BCUT2D eigenvalue weighted by Gasteiger charge is 2.42. The lowest BCUT2D eigenvalue weighted by molar-refractivity contribution is -0.148. The number of carbonyl (C=O) groups is 10.